The zero-order chi connectivity index (χ0) is 30.1. The molecule has 1 amide bonds. The first-order chi connectivity index (χ1) is 20.0. The molecule has 42 heavy (non-hydrogen) atoms. The van der Waals surface area contributed by atoms with Crippen molar-refractivity contribution in [3.05, 3.63) is 93.6 Å². The summed E-state index contributed by atoms with van der Waals surface area (Å²) in [7, 11) is -1.78. The van der Waals surface area contributed by atoms with Gasteiger partial charge in [-0.15, -0.1) is 0 Å². The molecule has 4 atom stereocenters. The molecule has 2 aliphatic heterocycles. The van der Waals surface area contributed by atoms with Crippen molar-refractivity contribution in [2.75, 3.05) is 26.0 Å². The lowest BCUT2D eigenvalue weighted by atomic mass is 9.66. The van der Waals surface area contributed by atoms with Crippen molar-refractivity contribution in [2.45, 2.75) is 57.5 Å². The van der Waals surface area contributed by atoms with E-state index in [2.05, 4.69) is 11.1 Å². The third kappa shape index (κ3) is 6.32. The van der Waals surface area contributed by atoms with E-state index in [4.69, 9.17) is 27.9 Å². The molecule has 1 aromatic heterocycles. The van der Waals surface area contributed by atoms with Gasteiger partial charge in [-0.2, -0.15) is 4.31 Å². The maximum Gasteiger partial charge on any atom is 0.229 e. The van der Waals surface area contributed by atoms with Gasteiger partial charge < -0.3 is 9.64 Å². The minimum Gasteiger partial charge on any atom is -0.481 e. The van der Waals surface area contributed by atoms with Crippen molar-refractivity contribution >= 4 is 39.1 Å². The van der Waals surface area contributed by atoms with Gasteiger partial charge in [-0.1, -0.05) is 67.4 Å². The summed E-state index contributed by atoms with van der Waals surface area (Å²) in [6.07, 6.45) is 2.14. The lowest BCUT2D eigenvalue weighted by Crippen LogP contribution is -2.58. The second-order valence-corrected chi connectivity index (χ2v) is 14.5. The van der Waals surface area contributed by atoms with E-state index in [0.29, 0.717) is 48.2 Å². The molecule has 0 saturated carbocycles. The number of amides is 1. The van der Waals surface area contributed by atoms with Crippen LogP contribution in [-0.2, 0) is 21.2 Å². The number of hydrogen-bond acceptors (Lipinski definition) is 5. The summed E-state index contributed by atoms with van der Waals surface area (Å²) in [6, 6.07) is 20.3. The molecular formula is C32H37Cl2N3O4S. The van der Waals surface area contributed by atoms with Crippen molar-refractivity contribution in [3.63, 3.8) is 0 Å². The number of carbonyl (C=O) groups excluding carboxylic acids is 1. The molecule has 2 aromatic carbocycles. The average Bonchev–Trinajstić information content (AvgIpc) is 3.31. The Bertz CT molecular complexity index is 1530. The van der Waals surface area contributed by atoms with Gasteiger partial charge in [-0.3, -0.25) is 4.79 Å². The van der Waals surface area contributed by atoms with Crippen LogP contribution in [-0.4, -0.2) is 60.5 Å². The summed E-state index contributed by atoms with van der Waals surface area (Å²) in [4.78, 5) is 21.5. The van der Waals surface area contributed by atoms with E-state index >= 15 is 0 Å². The number of likely N-dealkylation sites (tertiary alicyclic amines) is 1. The van der Waals surface area contributed by atoms with E-state index in [1.54, 1.807) is 17.5 Å². The molecule has 0 aliphatic carbocycles. The first-order valence-corrected chi connectivity index (χ1v) is 16.7. The van der Waals surface area contributed by atoms with Crippen LogP contribution in [0.3, 0.4) is 0 Å². The minimum absolute atomic E-state index is 0.0196. The zero-order valence-electron chi connectivity index (χ0n) is 24.2. The van der Waals surface area contributed by atoms with Gasteiger partial charge in [0.05, 0.1) is 24.3 Å². The van der Waals surface area contributed by atoms with Crippen LogP contribution in [0.5, 0.6) is 5.88 Å². The topological polar surface area (TPSA) is 79.8 Å². The molecular weight excluding hydrogens is 593 g/mol. The Hall–Kier alpha value is -2.65. The number of carbonyl (C=O) groups is 1. The lowest BCUT2D eigenvalue weighted by molar-refractivity contribution is -0.155. The highest BCUT2D eigenvalue weighted by Crippen LogP contribution is 2.52. The maximum atomic E-state index is 14.9. The third-order valence-electron chi connectivity index (χ3n) is 8.63. The predicted molar refractivity (Wildman–Crippen MR) is 167 cm³/mol. The molecule has 0 N–H and O–H groups in total. The largest absolute Gasteiger partial charge is 0.481 e. The molecule has 0 radical (unpaired) electrons. The monoisotopic (exact) mass is 629 g/mol. The Morgan fingerprint density at radius 1 is 1.05 bits per heavy atom. The molecule has 0 spiro atoms. The van der Waals surface area contributed by atoms with Crippen molar-refractivity contribution in [3.8, 4) is 5.88 Å². The van der Waals surface area contributed by atoms with Crippen molar-refractivity contribution in [1.82, 2.24) is 14.2 Å². The van der Waals surface area contributed by atoms with E-state index in [-0.39, 0.29) is 36.2 Å². The first-order valence-electron chi connectivity index (χ1n) is 14.4. The van der Waals surface area contributed by atoms with Gasteiger partial charge in [0, 0.05) is 53.3 Å². The van der Waals surface area contributed by atoms with Crippen LogP contribution >= 0.6 is 23.2 Å². The molecule has 3 heterocycles. The van der Waals surface area contributed by atoms with Crippen LogP contribution in [0, 0.1) is 5.41 Å². The van der Waals surface area contributed by atoms with E-state index in [1.807, 2.05) is 73.3 Å². The Balaban J connectivity index is 1.65. The Morgan fingerprint density at radius 2 is 1.79 bits per heavy atom. The van der Waals surface area contributed by atoms with Crippen LogP contribution in [0.4, 0.5) is 0 Å². The Kier molecular flexibility index (Phi) is 9.19. The fraction of sp³-hybridized carbons (Fsp3) is 0.438. The van der Waals surface area contributed by atoms with Gasteiger partial charge in [0.25, 0.3) is 0 Å². The first kappa shape index (κ1) is 30.8. The molecule has 2 fully saturated rings. The van der Waals surface area contributed by atoms with Crippen molar-refractivity contribution < 1.29 is 17.9 Å². The van der Waals surface area contributed by atoms with Gasteiger partial charge in [0.15, 0.2) is 0 Å². The number of methoxy groups -OCH3 is 1. The number of piperidine rings is 1. The molecule has 2 saturated heterocycles. The standard InChI is InChI=1S/C32H37Cl2N3O4S/c1-4-27(21-36-16-7-17-42(36,39)40)37-30(22-12-14-24(33)15-13-22)28(23-8-5-9-25(34)18-23)20-32(2,31(37)38)19-26-10-6-11-29(35-26)41-3/h5-6,8-15,18,27-28,30H,4,7,16-17,19-21H2,1-3H3/t27-,28+,30+,32+/m0/s1. The molecule has 224 valence electrons. The van der Waals surface area contributed by atoms with E-state index in [9.17, 15) is 13.2 Å². The normalized spacial score (nSPS) is 25.0. The molecule has 10 heteroatoms. The van der Waals surface area contributed by atoms with Crippen molar-refractivity contribution in [2.24, 2.45) is 5.41 Å². The van der Waals surface area contributed by atoms with E-state index in [0.717, 1.165) is 16.8 Å². The Morgan fingerprint density at radius 3 is 2.43 bits per heavy atom. The summed E-state index contributed by atoms with van der Waals surface area (Å²) < 4.78 is 32.7. The number of rotatable bonds is 9. The number of sulfonamides is 1. The summed E-state index contributed by atoms with van der Waals surface area (Å²) in [5, 5.41) is 1.23. The number of benzene rings is 2. The molecule has 0 bridgehead atoms. The predicted octanol–water partition coefficient (Wildman–Crippen LogP) is 6.52. The average molecular weight is 631 g/mol. The minimum atomic E-state index is -3.36. The number of aromatic nitrogens is 1. The van der Waals surface area contributed by atoms with Crippen LogP contribution in [0.2, 0.25) is 10.0 Å². The molecule has 2 aliphatic rings. The summed E-state index contributed by atoms with van der Waals surface area (Å²) in [6.45, 7) is 4.74. The fourth-order valence-electron chi connectivity index (χ4n) is 6.56. The zero-order valence-corrected chi connectivity index (χ0v) is 26.5. The summed E-state index contributed by atoms with van der Waals surface area (Å²) in [5.41, 5.74) is 1.90. The number of halogens is 2. The van der Waals surface area contributed by atoms with Gasteiger partial charge >= 0.3 is 0 Å². The SMILES string of the molecule is CC[C@@H](CN1CCCS1(=O)=O)N1C(=O)[C@](C)(Cc2cccc(OC)n2)C[C@H](c2cccc(Cl)c2)[C@H]1c1ccc(Cl)cc1. The van der Waals surface area contributed by atoms with Crippen molar-refractivity contribution in [1.29, 1.82) is 0 Å². The van der Waals surface area contributed by atoms with Crippen LogP contribution in [0.25, 0.3) is 0 Å². The van der Waals surface area contributed by atoms with E-state index in [1.165, 1.54) is 0 Å². The van der Waals surface area contributed by atoms with Crippen LogP contribution in [0.15, 0.2) is 66.7 Å². The maximum absolute atomic E-state index is 14.9. The number of pyridine rings is 1. The number of hydrogen-bond donors (Lipinski definition) is 0. The van der Waals surface area contributed by atoms with Gasteiger partial charge in [-0.05, 0) is 60.7 Å². The second-order valence-electron chi connectivity index (χ2n) is 11.6. The van der Waals surface area contributed by atoms with E-state index < -0.39 is 15.4 Å². The number of ether oxygens (including phenoxy) is 1. The van der Waals surface area contributed by atoms with Gasteiger partial charge in [0.1, 0.15) is 0 Å². The second kappa shape index (κ2) is 12.5. The van der Waals surface area contributed by atoms with Gasteiger partial charge in [-0.25, -0.2) is 13.4 Å². The van der Waals surface area contributed by atoms with Gasteiger partial charge in [0.2, 0.25) is 21.8 Å². The third-order valence-corrected chi connectivity index (χ3v) is 11.0. The quantitative estimate of drug-likeness (QED) is 0.269. The highest BCUT2D eigenvalue weighted by Gasteiger charge is 2.52. The highest BCUT2D eigenvalue weighted by atomic mass is 35.5. The molecule has 7 nitrogen and oxygen atoms in total. The molecule has 0 unspecified atom stereocenters. The van der Waals surface area contributed by atoms with Crippen LogP contribution in [0.1, 0.15) is 61.9 Å². The smallest absolute Gasteiger partial charge is 0.229 e. The highest BCUT2D eigenvalue weighted by molar-refractivity contribution is 7.89. The lowest BCUT2D eigenvalue weighted by Gasteiger charge is -2.52. The Labute approximate surface area is 258 Å². The summed E-state index contributed by atoms with van der Waals surface area (Å²) in [5.74, 6) is 0.492. The van der Waals surface area contributed by atoms with Crippen LogP contribution < -0.4 is 4.74 Å². The fourth-order valence-corrected chi connectivity index (χ4v) is 8.45. The number of nitrogens with zero attached hydrogens (tertiary/aromatic N) is 3. The summed E-state index contributed by atoms with van der Waals surface area (Å²) >= 11 is 12.8. The molecule has 3 aromatic rings. The molecule has 5 rings (SSSR count).